The predicted molar refractivity (Wildman–Crippen MR) is 125 cm³/mol. The van der Waals surface area contributed by atoms with Crippen molar-refractivity contribution >= 4 is 12.4 Å². The lowest BCUT2D eigenvalue weighted by Crippen LogP contribution is -2.48. The van der Waals surface area contributed by atoms with E-state index in [-0.39, 0.29) is 19.0 Å². The molecule has 1 N–H and O–H groups in total. The molecular formula is C24H32N2O8. The first-order chi connectivity index (χ1) is 16.5. The number of ether oxygens (including phenoxy) is 5. The predicted octanol–water partition coefficient (Wildman–Crippen LogP) is 2.14. The van der Waals surface area contributed by atoms with Crippen LogP contribution in [0, 0.1) is 0 Å². The number of carbonyl (C=O) groups excluding carboxylic acids is 1. The summed E-state index contributed by atoms with van der Waals surface area (Å²) in [6, 6.07) is 10.9. The molecule has 1 fully saturated rings. The van der Waals surface area contributed by atoms with Crippen LogP contribution in [-0.2, 0) is 16.1 Å². The third-order valence-corrected chi connectivity index (χ3v) is 5.24. The maximum atomic E-state index is 12.3. The van der Waals surface area contributed by atoms with Crippen LogP contribution in [-0.4, -0.2) is 88.5 Å². The lowest BCUT2D eigenvalue weighted by Gasteiger charge is -2.34. The number of hydrogen-bond acceptors (Lipinski definition) is 9. The summed E-state index contributed by atoms with van der Waals surface area (Å²) in [5.74, 6) is 2.88. The summed E-state index contributed by atoms with van der Waals surface area (Å²) < 4.78 is 26.8. The molecule has 3 rings (SSSR count). The summed E-state index contributed by atoms with van der Waals surface area (Å²) in [6.45, 7) is 4.08. The minimum atomic E-state index is -0.261. The van der Waals surface area contributed by atoms with Crippen LogP contribution in [0.1, 0.15) is 5.56 Å². The van der Waals surface area contributed by atoms with Crippen LogP contribution >= 0.6 is 0 Å². The number of benzene rings is 2. The standard InChI is InChI=1S/C23H30N2O6.CH2O2/c1-27-18-5-7-19(8-6-18)31-22(26)16-25-11-9-24(10-12-25)15-17-13-20(28-2)23(30-4)21(14-17)29-3;2-1-3/h5-8,13-14H,9-12,15-16H2,1-4H3;1H,(H,2,3). The van der Waals surface area contributed by atoms with Crippen LogP contribution in [0.25, 0.3) is 0 Å². The second-order valence-corrected chi connectivity index (χ2v) is 7.34. The number of carboxylic acid groups (broad SMARTS) is 1. The Kier molecular flexibility index (Phi) is 10.9. The molecule has 0 amide bonds. The maximum Gasteiger partial charge on any atom is 0.325 e. The molecule has 1 heterocycles. The summed E-state index contributed by atoms with van der Waals surface area (Å²) in [7, 11) is 6.43. The van der Waals surface area contributed by atoms with Crippen molar-refractivity contribution in [2.24, 2.45) is 0 Å². The van der Waals surface area contributed by atoms with Gasteiger partial charge in [-0.05, 0) is 42.0 Å². The van der Waals surface area contributed by atoms with E-state index in [1.165, 1.54) is 0 Å². The Morgan fingerprint density at radius 2 is 1.35 bits per heavy atom. The molecule has 0 bridgehead atoms. The average Bonchev–Trinajstić information content (AvgIpc) is 2.85. The molecule has 10 heteroatoms. The van der Waals surface area contributed by atoms with E-state index in [2.05, 4.69) is 9.80 Å². The number of piperazine rings is 1. The normalized spacial score (nSPS) is 13.8. The van der Waals surface area contributed by atoms with Crippen LogP contribution < -0.4 is 23.7 Å². The van der Waals surface area contributed by atoms with E-state index in [1.807, 2.05) is 12.1 Å². The average molecular weight is 477 g/mol. The monoisotopic (exact) mass is 476 g/mol. The third-order valence-electron chi connectivity index (χ3n) is 5.24. The van der Waals surface area contributed by atoms with Crippen molar-refractivity contribution in [2.75, 3.05) is 61.2 Å². The van der Waals surface area contributed by atoms with E-state index in [0.717, 1.165) is 44.0 Å². The lowest BCUT2D eigenvalue weighted by atomic mass is 10.1. The first-order valence-corrected chi connectivity index (χ1v) is 10.6. The van der Waals surface area contributed by atoms with Gasteiger partial charge in [0.25, 0.3) is 6.47 Å². The van der Waals surface area contributed by atoms with E-state index in [0.29, 0.717) is 23.0 Å². The molecule has 1 aliphatic rings. The second kappa shape index (κ2) is 13.9. The topological polar surface area (TPSA) is 107 Å². The fourth-order valence-corrected chi connectivity index (χ4v) is 3.58. The Morgan fingerprint density at radius 3 is 1.82 bits per heavy atom. The molecule has 1 saturated heterocycles. The molecule has 0 spiro atoms. The van der Waals surface area contributed by atoms with Crippen molar-refractivity contribution in [3.63, 3.8) is 0 Å². The molecule has 0 atom stereocenters. The van der Waals surface area contributed by atoms with E-state index >= 15 is 0 Å². The summed E-state index contributed by atoms with van der Waals surface area (Å²) in [6.07, 6.45) is 0. The van der Waals surface area contributed by atoms with Gasteiger partial charge in [0, 0.05) is 32.7 Å². The van der Waals surface area contributed by atoms with Gasteiger partial charge in [0.15, 0.2) is 11.5 Å². The summed E-state index contributed by atoms with van der Waals surface area (Å²) in [5.41, 5.74) is 1.09. The first kappa shape index (κ1) is 26.7. The van der Waals surface area contributed by atoms with Gasteiger partial charge < -0.3 is 28.8 Å². The van der Waals surface area contributed by atoms with Crippen LogP contribution in [0.15, 0.2) is 36.4 Å². The van der Waals surface area contributed by atoms with Gasteiger partial charge >= 0.3 is 5.97 Å². The van der Waals surface area contributed by atoms with Gasteiger partial charge in [-0.3, -0.25) is 19.4 Å². The number of carbonyl (C=O) groups is 2. The molecule has 2 aromatic rings. The van der Waals surface area contributed by atoms with E-state index in [4.69, 9.17) is 33.6 Å². The Morgan fingerprint density at radius 1 is 0.853 bits per heavy atom. The molecule has 186 valence electrons. The SMILES string of the molecule is COc1ccc(OC(=O)CN2CCN(Cc3cc(OC)c(OC)c(OC)c3)CC2)cc1.O=CO. The number of esters is 1. The van der Waals surface area contributed by atoms with Crippen molar-refractivity contribution in [1.82, 2.24) is 9.80 Å². The fraction of sp³-hybridized carbons (Fsp3) is 0.417. The van der Waals surface area contributed by atoms with Crippen molar-refractivity contribution in [1.29, 1.82) is 0 Å². The zero-order chi connectivity index (χ0) is 24.9. The van der Waals surface area contributed by atoms with Crippen molar-refractivity contribution in [3.8, 4) is 28.7 Å². The minimum Gasteiger partial charge on any atom is -0.497 e. The highest BCUT2D eigenvalue weighted by Gasteiger charge is 2.21. The quantitative estimate of drug-likeness (QED) is 0.329. The van der Waals surface area contributed by atoms with Crippen molar-refractivity contribution in [3.05, 3.63) is 42.0 Å². The highest BCUT2D eigenvalue weighted by atomic mass is 16.5. The smallest absolute Gasteiger partial charge is 0.325 e. The van der Waals surface area contributed by atoms with Crippen molar-refractivity contribution in [2.45, 2.75) is 6.54 Å². The number of hydrogen-bond donors (Lipinski definition) is 1. The molecule has 0 saturated carbocycles. The van der Waals surface area contributed by atoms with Crippen LogP contribution in [0.3, 0.4) is 0 Å². The molecule has 0 aliphatic carbocycles. The van der Waals surface area contributed by atoms with E-state index in [1.54, 1.807) is 52.7 Å². The molecule has 2 aromatic carbocycles. The van der Waals surface area contributed by atoms with E-state index in [9.17, 15) is 4.79 Å². The number of rotatable bonds is 9. The Hall–Kier alpha value is -3.50. The number of nitrogens with zero attached hydrogens (tertiary/aromatic N) is 2. The molecule has 0 aromatic heterocycles. The zero-order valence-corrected chi connectivity index (χ0v) is 20.0. The summed E-state index contributed by atoms with van der Waals surface area (Å²) in [4.78, 5) is 25.1. The summed E-state index contributed by atoms with van der Waals surface area (Å²) >= 11 is 0. The maximum absolute atomic E-state index is 12.3. The van der Waals surface area contributed by atoms with Crippen molar-refractivity contribution < 1.29 is 38.4 Å². The molecule has 0 unspecified atom stereocenters. The highest BCUT2D eigenvalue weighted by molar-refractivity contribution is 5.74. The number of methoxy groups -OCH3 is 4. The third kappa shape index (κ3) is 7.82. The zero-order valence-electron chi connectivity index (χ0n) is 20.0. The van der Waals surface area contributed by atoms with Gasteiger partial charge in [-0.1, -0.05) is 0 Å². The Balaban J connectivity index is 0.00000129. The van der Waals surface area contributed by atoms with Crippen LogP contribution in [0.2, 0.25) is 0 Å². The van der Waals surface area contributed by atoms with Gasteiger partial charge in [0.05, 0.1) is 35.0 Å². The molecule has 1 aliphatic heterocycles. The van der Waals surface area contributed by atoms with Gasteiger partial charge in [-0.2, -0.15) is 0 Å². The molecule has 34 heavy (non-hydrogen) atoms. The fourth-order valence-electron chi connectivity index (χ4n) is 3.58. The van der Waals surface area contributed by atoms with Crippen LogP contribution in [0.5, 0.6) is 28.7 Å². The van der Waals surface area contributed by atoms with Gasteiger partial charge in [0.1, 0.15) is 11.5 Å². The second-order valence-electron chi connectivity index (χ2n) is 7.34. The molecule has 10 nitrogen and oxygen atoms in total. The molecular weight excluding hydrogens is 444 g/mol. The largest absolute Gasteiger partial charge is 0.497 e. The Bertz CT molecular complexity index is 887. The first-order valence-electron chi connectivity index (χ1n) is 10.6. The lowest BCUT2D eigenvalue weighted by molar-refractivity contribution is -0.136. The minimum absolute atomic E-state index is 0.250. The van der Waals surface area contributed by atoms with E-state index < -0.39 is 0 Å². The Labute approximate surface area is 199 Å². The highest BCUT2D eigenvalue weighted by Crippen LogP contribution is 2.38. The van der Waals surface area contributed by atoms with Crippen LogP contribution in [0.4, 0.5) is 0 Å². The van der Waals surface area contributed by atoms with Gasteiger partial charge in [0.2, 0.25) is 5.75 Å². The molecule has 0 radical (unpaired) electrons. The van der Waals surface area contributed by atoms with Gasteiger partial charge in [-0.25, -0.2) is 0 Å². The van der Waals surface area contributed by atoms with Gasteiger partial charge in [-0.15, -0.1) is 0 Å². The summed E-state index contributed by atoms with van der Waals surface area (Å²) in [5, 5.41) is 6.89.